The van der Waals surface area contributed by atoms with Gasteiger partial charge in [0.15, 0.2) is 5.82 Å². The molecule has 1 N–H and O–H groups in total. The molecule has 156 valence electrons. The smallest absolute Gasteiger partial charge is 0.420 e. The highest BCUT2D eigenvalue weighted by atomic mass is 16.6. The van der Waals surface area contributed by atoms with E-state index in [-0.39, 0.29) is 5.91 Å². The number of anilines is 1. The zero-order chi connectivity index (χ0) is 22.0. The van der Waals surface area contributed by atoms with E-state index >= 15 is 0 Å². The van der Waals surface area contributed by atoms with Gasteiger partial charge in [0.05, 0.1) is 11.0 Å². The number of fused-ring (bicyclic) bond motifs is 1. The van der Waals surface area contributed by atoms with Crippen LogP contribution in [0, 0.1) is 0 Å². The molecule has 6 nitrogen and oxygen atoms in total. The van der Waals surface area contributed by atoms with Crippen molar-refractivity contribution in [2.45, 2.75) is 26.4 Å². The molecule has 6 heteroatoms. The molecule has 1 amide bonds. The maximum absolute atomic E-state index is 13.1. The number of nitrogens with one attached hydrogen (secondary N) is 1. The Kier molecular flexibility index (Phi) is 5.29. The first-order chi connectivity index (χ1) is 14.8. The summed E-state index contributed by atoms with van der Waals surface area (Å²) in [4.78, 5) is 30.3. The summed E-state index contributed by atoms with van der Waals surface area (Å²) in [6.07, 6.45) is -0.527. The third kappa shape index (κ3) is 4.48. The van der Waals surface area contributed by atoms with Crippen molar-refractivity contribution in [2.24, 2.45) is 0 Å². The number of nitrogens with zero attached hydrogens (tertiary/aromatic N) is 2. The van der Waals surface area contributed by atoms with Crippen molar-refractivity contribution in [3.63, 3.8) is 0 Å². The minimum Gasteiger partial charge on any atom is -0.443 e. The van der Waals surface area contributed by atoms with Crippen LogP contribution in [0.25, 0.3) is 22.4 Å². The summed E-state index contributed by atoms with van der Waals surface area (Å²) in [5.41, 5.74) is 2.42. The van der Waals surface area contributed by atoms with E-state index in [4.69, 9.17) is 4.74 Å². The molecule has 4 aromatic rings. The Hall–Kier alpha value is -3.93. The molecule has 0 radical (unpaired) electrons. The van der Waals surface area contributed by atoms with E-state index in [1.807, 2.05) is 69.3 Å². The number of rotatable bonds is 3. The molecule has 0 saturated carbocycles. The molecule has 0 bridgehead atoms. The van der Waals surface area contributed by atoms with Crippen LogP contribution >= 0.6 is 0 Å². The van der Waals surface area contributed by atoms with Gasteiger partial charge in [0, 0.05) is 16.8 Å². The van der Waals surface area contributed by atoms with Gasteiger partial charge in [-0.1, -0.05) is 48.5 Å². The number of ether oxygens (including phenoxy) is 1. The van der Waals surface area contributed by atoms with E-state index in [2.05, 4.69) is 10.3 Å². The highest BCUT2D eigenvalue weighted by Crippen LogP contribution is 2.28. The number of imidazole rings is 1. The lowest BCUT2D eigenvalue weighted by Gasteiger charge is -2.20. The summed E-state index contributed by atoms with van der Waals surface area (Å²) in [6, 6.07) is 23.7. The molecule has 1 heterocycles. The lowest BCUT2D eigenvalue weighted by atomic mass is 10.2. The van der Waals surface area contributed by atoms with Crippen LogP contribution in [0.3, 0.4) is 0 Å². The maximum Gasteiger partial charge on any atom is 0.420 e. The highest BCUT2D eigenvalue weighted by Gasteiger charge is 2.24. The SMILES string of the molecule is CC(C)(C)OC(=O)n1c(-c2ccccc2)nc2ccc(NC(=O)c3ccccc3)cc21. The Balaban J connectivity index is 1.79. The van der Waals surface area contributed by atoms with Crippen LogP contribution in [0.15, 0.2) is 78.9 Å². The Labute approximate surface area is 180 Å². The van der Waals surface area contributed by atoms with Crippen LogP contribution in [0.2, 0.25) is 0 Å². The van der Waals surface area contributed by atoms with E-state index < -0.39 is 11.7 Å². The first-order valence-corrected chi connectivity index (χ1v) is 9.99. The van der Waals surface area contributed by atoms with E-state index in [1.165, 1.54) is 4.57 Å². The number of hydrogen-bond acceptors (Lipinski definition) is 4. The predicted octanol–water partition coefficient (Wildman–Crippen LogP) is 5.74. The molecular formula is C25H23N3O3. The molecular weight excluding hydrogens is 390 g/mol. The molecule has 0 aliphatic rings. The summed E-state index contributed by atoms with van der Waals surface area (Å²) in [5, 5.41) is 2.88. The normalized spacial score (nSPS) is 11.3. The second-order valence-electron chi connectivity index (χ2n) is 8.14. The Morgan fingerprint density at radius 1 is 0.903 bits per heavy atom. The van der Waals surface area contributed by atoms with Crippen LogP contribution in [-0.2, 0) is 4.74 Å². The Bertz CT molecular complexity index is 1240. The van der Waals surface area contributed by atoms with Gasteiger partial charge < -0.3 is 10.1 Å². The van der Waals surface area contributed by atoms with Crippen LogP contribution in [0.4, 0.5) is 10.5 Å². The Morgan fingerprint density at radius 3 is 2.19 bits per heavy atom. The predicted molar refractivity (Wildman–Crippen MR) is 121 cm³/mol. The first-order valence-electron chi connectivity index (χ1n) is 9.99. The lowest BCUT2D eigenvalue weighted by molar-refractivity contribution is 0.0546. The molecule has 0 saturated heterocycles. The fourth-order valence-electron chi connectivity index (χ4n) is 3.22. The summed E-state index contributed by atoms with van der Waals surface area (Å²) < 4.78 is 7.09. The summed E-state index contributed by atoms with van der Waals surface area (Å²) in [6.45, 7) is 5.45. The second kappa shape index (κ2) is 8.07. The third-order valence-electron chi connectivity index (χ3n) is 4.56. The lowest BCUT2D eigenvalue weighted by Crippen LogP contribution is -2.27. The van der Waals surface area contributed by atoms with Crippen molar-refractivity contribution in [3.05, 3.63) is 84.4 Å². The highest BCUT2D eigenvalue weighted by molar-refractivity contribution is 6.05. The van der Waals surface area contributed by atoms with Crippen molar-refractivity contribution in [2.75, 3.05) is 5.32 Å². The van der Waals surface area contributed by atoms with Crippen LogP contribution in [0.1, 0.15) is 31.1 Å². The molecule has 0 unspecified atom stereocenters. The number of benzene rings is 3. The van der Waals surface area contributed by atoms with Crippen LogP contribution in [-0.4, -0.2) is 27.2 Å². The first kappa shape index (κ1) is 20.3. The van der Waals surface area contributed by atoms with Crippen molar-refractivity contribution in [1.82, 2.24) is 9.55 Å². The fourth-order valence-corrected chi connectivity index (χ4v) is 3.22. The molecule has 0 aliphatic carbocycles. The topological polar surface area (TPSA) is 73.2 Å². The molecule has 0 fully saturated rings. The molecule has 1 aromatic heterocycles. The van der Waals surface area contributed by atoms with Crippen molar-refractivity contribution in [3.8, 4) is 11.4 Å². The van der Waals surface area contributed by atoms with Crippen LogP contribution in [0.5, 0.6) is 0 Å². The van der Waals surface area contributed by atoms with Crippen molar-refractivity contribution >= 4 is 28.7 Å². The Morgan fingerprint density at radius 2 is 1.55 bits per heavy atom. The van der Waals surface area contributed by atoms with Gasteiger partial charge in [-0.3, -0.25) is 4.79 Å². The van der Waals surface area contributed by atoms with E-state index in [9.17, 15) is 9.59 Å². The number of amides is 1. The molecule has 0 atom stereocenters. The van der Waals surface area contributed by atoms with Gasteiger partial charge in [-0.2, -0.15) is 0 Å². The third-order valence-corrected chi connectivity index (χ3v) is 4.56. The van der Waals surface area contributed by atoms with Crippen LogP contribution < -0.4 is 5.32 Å². The zero-order valence-corrected chi connectivity index (χ0v) is 17.6. The second-order valence-corrected chi connectivity index (χ2v) is 8.14. The van der Waals surface area contributed by atoms with E-state index in [1.54, 1.807) is 30.3 Å². The van der Waals surface area contributed by atoms with Gasteiger partial charge in [-0.25, -0.2) is 14.3 Å². The summed E-state index contributed by atoms with van der Waals surface area (Å²) in [5.74, 6) is 0.253. The molecule has 4 rings (SSSR count). The molecule has 3 aromatic carbocycles. The van der Waals surface area contributed by atoms with E-state index in [0.29, 0.717) is 28.1 Å². The fraction of sp³-hybridized carbons (Fsp3) is 0.160. The molecule has 0 spiro atoms. The largest absolute Gasteiger partial charge is 0.443 e. The van der Waals surface area contributed by atoms with Gasteiger partial charge in [-0.05, 0) is 51.1 Å². The monoisotopic (exact) mass is 413 g/mol. The maximum atomic E-state index is 13.1. The van der Waals surface area contributed by atoms with Gasteiger partial charge in [0.1, 0.15) is 5.60 Å². The minimum absolute atomic E-state index is 0.230. The standard InChI is InChI=1S/C25H23N3O3/c1-25(2,3)31-24(30)28-21-16-19(26-23(29)18-12-8-5-9-13-18)14-15-20(21)27-22(28)17-10-6-4-7-11-17/h4-16H,1-3H3,(H,26,29). The van der Waals surface area contributed by atoms with Gasteiger partial charge >= 0.3 is 6.09 Å². The van der Waals surface area contributed by atoms with Gasteiger partial charge in [0.2, 0.25) is 0 Å². The van der Waals surface area contributed by atoms with Gasteiger partial charge in [-0.15, -0.1) is 0 Å². The molecule has 0 aliphatic heterocycles. The number of hydrogen-bond donors (Lipinski definition) is 1. The quantitative estimate of drug-likeness (QED) is 0.465. The average molecular weight is 413 g/mol. The van der Waals surface area contributed by atoms with Gasteiger partial charge in [0.25, 0.3) is 5.91 Å². The van der Waals surface area contributed by atoms with E-state index in [0.717, 1.165) is 5.56 Å². The number of carbonyl (C=O) groups excluding carboxylic acids is 2. The molecule has 31 heavy (non-hydrogen) atoms. The zero-order valence-electron chi connectivity index (χ0n) is 17.6. The van der Waals surface area contributed by atoms with Crippen molar-refractivity contribution < 1.29 is 14.3 Å². The average Bonchev–Trinajstić information content (AvgIpc) is 3.13. The van der Waals surface area contributed by atoms with Crippen molar-refractivity contribution in [1.29, 1.82) is 0 Å². The number of carbonyl (C=O) groups is 2. The number of aromatic nitrogens is 2. The minimum atomic E-state index is -0.666. The summed E-state index contributed by atoms with van der Waals surface area (Å²) in [7, 11) is 0. The summed E-state index contributed by atoms with van der Waals surface area (Å²) >= 11 is 0.